The number of likely N-dealkylation sites (tertiary alicyclic amines) is 1. The van der Waals surface area contributed by atoms with Gasteiger partial charge in [-0.2, -0.15) is 0 Å². The molecule has 0 bridgehead atoms. The highest BCUT2D eigenvalue weighted by atomic mass is 19.2. The van der Waals surface area contributed by atoms with E-state index >= 15 is 0 Å². The first-order valence-corrected chi connectivity index (χ1v) is 8.00. The van der Waals surface area contributed by atoms with Gasteiger partial charge in [-0.25, -0.2) is 13.6 Å². The third kappa shape index (κ3) is 3.97. The highest BCUT2D eigenvalue weighted by Gasteiger charge is 2.23. The number of carboxylic acid groups (broad SMARTS) is 1. The molecule has 1 saturated heterocycles. The Morgan fingerprint density at radius 3 is 2.71 bits per heavy atom. The highest BCUT2D eigenvalue weighted by molar-refractivity contribution is 5.87. The van der Waals surface area contributed by atoms with E-state index in [0.717, 1.165) is 43.1 Å². The molecule has 0 radical (unpaired) electrons. The lowest BCUT2D eigenvalue weighted by Gasteiger charge is -2.16. The molecule has 1 aliphatic heterocycles. The molecule has 1 aliphatic rings. The molecule has 24 heavy (non-hydrogen) atoms. The van der Waals surface area contributed by atoms with Gasteiger partial charge in [-0.15, -0.1) is 0 Å². The normalized spacial score (nSPS) is 18.0. The van der Waals surface area contributed by atoms with Gasteiger partial charge in [-0.05, 0) is 60.7 Å². The fourth-order valence-electron chi connectivity index (χ4n) is 3.28. The maximum Gasteiger partial charge on any atom is 0.335 e. The minimum atomic E-state index is -0.914. The Labute approximate surface area is 139 Å². The Bertz CT molecular complexity index is 748. The molecule has 126 valence electrons. The number of benzene rings is 2. The van der Waals surface area contributed by atoms with Gasteiger partial charge in [0.25, 0.3) is 0 Å². The molecule has 1 heterocycles. The van der Waals surface area contributed by atoms with Gasteiger partial charge < -0.3 is 5.11 Å². The van der Waals surface area contributed by atoms with Crippen LogP contribution in [-0.4, -0.2) is 29.1 Å². The van der Waals surface area contributed by atoms with Crippen LogP contribution in [0.3, 0.4) is 0 Å². The summed E-state index contributed by atoms with van der Waals surface area (Å²) in [7, 11) is 0. The van der Waals surface area contributed by atoms with Gasteiger partial charge in [0.2, 0.25) is 0 Å². The van der Waals surface area contributed by atoms with Crippen molar-refractivity contribution in [1.82, 2.24) is 4.90 Å². The van der Waals surface area contributed by atoms with Crippen LogP contribution in [0.15, 0.2) is 42.5 Å². The third-order valence-corrected chi connectivity index (χ3v) is 4.46. The lowest BCUT2D eigenvalue weighted by Crippen LogP contribution is -2.20. The molecule has 5 heteroatoms. The van der Waals surface area contributed by atoms with Gasteiger partial charge in [0.05, 0.1) is 5.56 Å². The zero-order valence-electron chi connectivity index (χ0n) is 13.2. The van der Waals surface area contributed by atoms with E-state index in [1.807, 2.05) is 6.07 Å². The average molecular weight is 331 g/mol. The van der Waals surface area contributed by atoms with E-state index in [1.54, 1.807) is 24.3 Å². The number of nitrogens with zero attached hydrogens (tertiary/aromatic N) is 1. The Morgan fingerprint density at radius 1 is 1.12 bits per heavy atom. The quantitative estimate of drug-likeness (QED) is 0.908. The first-order valence-electron chi connectivity index (χ1n) is 8.00. The zero-order valence-corrected chi connectivity index (χ0v) is 13.2. The molecular weight excluding hydrogens is 312 g/mol. The van der Waals surface area contributed by atoms with E-state index in [1.165, 1.54) is 6.07 Å². The van der Waals surface area contributed by atoms with Crippen molar-refractivity contribution in [1.29, 1.82) is 0 Å². The Balaban J connectivity index is 1.58. The minimum Gasteiger partial charge on any atom is -0.478 e. The second-order valence-corrected chi connectivity index (χ2v) is 6.35. The molecule has 0 spiro atoms. The van der Waals surface area contributed by atoms with Gasteiger partial charge >= 0.3 is 5.97 Å². The van der Waals surface area contributed by atoms with Crippen LogP contribution in [0.5, 0.6) is 0 Å². The smallest absolute Gasteiger partial charge is 0.335 e. The van der Waals surface area contributed by atoms with Crippen molar-refractivity contribution in [2.24, 2.45) is 5.92 Å². The fraction of sp³-hybridized carbons (Fsp3) is 0.316. The van der Waals surface area contributed by atoms with E-state index in [2.05, 4.69) is 4.90 Å². The number of hydrogen-bond donors (Lipinski definition) is 1. The van der Waals surface area contributed by atoms with Crippen molar-refractivity contribution < 1.29 is 18.7 Å². The van der Waals surface area contributed by atoms with Crippen LogP contribution in [-0.2, 0) is 13.0 Å². The van der Waals surface area contributed by atoms with Crippen LogP contribution in [0.4, 0.5) is 8.78 Å². The van der Waals surface area contributed by atoms with Gasteiger partial charge in [-0.3, -0.25) is 4.90 Å². The average Bonchev–Trinajstić information content (AvgIpc) is 2.98. The Hall–Kier alpha value is -2.27. The number of carboxylic acids is 1. The number of hydrogen-bond acceptors (Lipinski definition) is 2. The molecule has 0 saturated carbocycles. The van der Waals surface area contributed by atoms with Crippen LogP contribution in [0.2, 0.25) is 0 Å². The summed E-state index contributed by atoms with van der Waals surface area (Å²) in [5.41, 5.74) is 2.10. The van der Waals surface area contributed by atoms with Crippen LogP contribution in [0.1, 0.15) is 27.9 Å². The molecule has 0 aromatic heterocycles. The summed E-state index contributed by atoms with van der Waals surface area (Å²) < 4.78 is 26.3. The van der Waals surface area contributed by atoms with Crippen molar-refractivity contribution in [2.75, 3.05) is 13.1 Å². The van der Waals surface area contributed by atoms with Gasteiger partial charge in [0.1, 0.15) is 0 Å². The van der Waals surface area contributed by atoms with Crippen LogP contribution >= 0.6 is 0 Å². The van der Waals surface area contributed by atoms with Crippen molar-refractivity contribution in [3.05, 3.63) is 70.8 Å². The summed E-state index contributed by atoms with van der Waals surface area (Å²) in [6.07, 6.45) is 1.84. The first kappa shape index (κ1) is 16.6. The van der Waals surface area contributed by atoms with Gasteiger partial charge in [0, 0.05) is 13.1 Å². The molecular formula is C19H19F2NO2. The summed E-state index contributed by atoms with van der Waals surface area (Å²) in [6.45, 7) is 2.38. The maximum atomic E-state index is 13.3. The predicted molar refractivity (Wildman–Crippen MR) is 86.8 cm³/mol. The fourth-order valence-corrected chi connectivity index (χ4v) is 3.28. The number of rotatable bonds is 5. The Morgan fingerprint density at radius 2 is 1.96 bits per heavy atom. The van der Waals surface area contributed by atoms with Crippen LogP contribution in [0, 0.1) is 17.6 Å². The van der Waals surface area contributed by atoms with E-state index < -0.39 is 17.6 Å². The predicted octanol–water partition coefficient (Wildman–Crippen LogP) is 3.73. The third-order valence-electron chi connectivity index (χ3n) is 4.46. The molecule has 1 N–H and O–H groups in total. The lowest BCUT2D eigenvalue weighted by molar-refractivity contribution is 0.0696. The summed E-state index contributed by atoms with van der Waals surface area (Å²) in [6, 6.07) is 11.1. The summed E-state index contributed by atoms with van der Waals surface area (Å²) in [5.74, 6) is -2.10. The van der Waals surface area contributed by atoms with Crippen LogP contribution in [0.25, 0.3) is 0 Å². The van der Waals surface area contributed by atoms with Crippen molar-refractivity contribution in [3.8, 4) is 0 Å². The number of aromatic carboxylic acids is 1. The number of halogens is 2. The second kappa shape index (κ2) is 7.09. The van der Waals surface area contributed by atoms with E-state index in [4.69, 9.17) is 5.11 Å². The maximum absolute atomic E-state index is 13.3. The van der Waals surface area contributed by atoms with E-state index in [0.29, 0.717) is 18.0 Å². The second-order valence-electron chi connectivity index (χ2n) is 6.35. The van der Waals surface area contributed by atoms with E-state index in [-0.39, 0.29) is 0 Å². The zero-order chi connectivity index (χ0) is 17.1. The molecule has 3 rings (SSSR count). The van der Waals surface area contributed by atoms with Crippen molar-refractivity contribution in [3.63, 3.8) is 0 Å². The molecule has 1 atom stereocenters. The standard InChI is InChI=1S/C19H19F2NO2/c20-17-5-4-14(10-18(17)21)11-22-7-6-15(12-22)8-13-2-1-3-16(9-13)19(23)24/h1-5,9-10,15H,6-8,11-12H2,(H,23,24). The number of carbonyl (C=O) groups is 1. The van der Waals surface area contributed by atoms with E-state index in [9.17, 15) is 13.6 Å². The summed E-state index contributed by atoms with van der Waals surface area (Å²) in [5, 5.41) is 9.05. The monoisotopic (exact) mass is 331 g/mol. The molecule has 0 aliphatic carbocycles. The summed E-state index contributed by atoms with van der Waals surface area (Å²) >= 11 is 0. The molecule has 1 unspecified atom stereocenters. The topological polar surface area (TPSA) is 40.5 Å². The SMILES string of the molecule is O=C(O)c1cccc(CC2CCN(Cc3ccc(F)c(F)c3)C2)c1. The molecule has 1 fully saturated rings. The van der Waals surface area contributed by atoms with Crippen molar-refractivity contribution in [2.45, 2.75) is 19.4 Å². The molecule has 0 amide bonds. The molecule has 2 aromatic rings. The first-order chi connectivity index (χ1) is 11.5. The van der Waals surface area contributed by atoms with Crippen LogP contribution < -0.4 is 0 Å². The largest absolute Gasteiger partial charge is 0.478 e. The van der Waals surface area contributed by atoms with Gasteiger partial charge in [-0.1, -0.05) is 18.2 Å². The van der Waals surface area contributed by atoms with Gasteiger partial charge in [0.15, 0.2) is 11.6 Å². The Kier molecular flexibility index (Phi) is 4.90. The summed E-state index contributed by atoms with van der Waals surface area (Å²) in [4.78, 5) is 13.3. The van der Waals surface area contributed by atoms with Crippen molar-refractivity contribution >= 4 is 5.97 Å². The minimum absolute atomic E-state index is 0.309. The molecule has 3 nitrogen and oxygen atoms in total. The molecule has 2 aromatic carbocycles. The lowest BCUT2D eigenvalue weighted by atomic mass is 9.97. The highest BCUT2D eigenvalue weighted by Crippen LogP contribution is 2.23.